The number of carboxylic acids is 1. The lowest BCUT2D eigenvalue weighted by Gasteiger charge is -2.17. The van der Waals surface area contributed by atoms with Gasteiger partial charge in [0.15, 0.2) is 0 Å². The van der Waals surface area contributed by atoms with Crippen LogP contribution in [0.2, 0.25) is 0 Å². The van der Waals surface area contributed by atoms with E-state index in [4.69, 9.17) is 9.84 Å². The number of carbonyl (C=O) groups excluding carboxylic acids is 1. The molecule has 0 aliphatic carbocycles. The van der Waals surface area contributed by atoms with E-state index in [1.54, 1.807) is 7.05 Å². The monoisotopic (exact) mass is 304 g/mol. The van der Waals surface area contributed by atoms with Crippen LogP contribution in [0.5, 0.6) is 0 Å². The molecule has 1 aromatic carbocycles. The standard InChI is InChI=1S/C14H16N4O4/c1-17(7-8-18-12(13(19)20)15-10-16-18)14(21)22-9-11-5-3-2-4-6-11/h2-6,10H,7-9H2,1H3,(H,19,20). The highest BCUT2D eigenvalue weighted by Gasteiger charge is 2.15. The summed E-state index contributed by atoms with van der Waals surface area (Å²) in [5.74, 6) is -1.32. The second-order valence-electron chi connectivity index (χ2n) is 4.57. The Balaban J connectivity index is 1.81. The third-order valence-corrected chi connectivity index (χ3v) is 2.97. The normalized spacial score (nSPS) is 10.2. The molecule has 0 radical (unpaired) electrons. The number of aromatic nitrogens is 3. The van der Waals surface area contributed by atoms with Crippen molar-refractivity contribution in [1.29, 1.82) is 0 Å². The fraction of sp³-hybridized carbons (Fsp3) is 0.286. The van der Waals surface area contributed by atoms with Gasteiger partial charge in [-0.3, -0.25) is 0 Å². The van der Waals surface area contributed by atoms with Crippen molar-refractivity contribution in [3.05, 3.63) is 48.0 Å². The second-order valence-corrected chi connectivity index (χ2v) is 4.57. The lowest BCUT2D eigenvalue weighted by molar-refractivity contribution is 0.0675. The van der Waals surface area contributed by atoms with Gasteiger partial charge in [0.1, 0.15) is 12.9 Å². The molecule has 22 heavy (non-hydrogen) atoms. The van der Waals surface area contributed by atoms with Gasteiger partial charge in [0.2, 0.25) is 5.82 Å². The van der Waals surface area contributed by atoms with E-state index in [1.807, 2.05) is 30.3 Å². The zero-order valence-electron chi connectivity index (χ0n) is 12.0. The molecule has 8 heteroatoms. The maximum absolute atomic E-state index is 11.8. The first-order valence-corrected chi connectivity index (χ1v) is 6.61. The van der Waals surface area contributed by atoms with E-state index >= 15 is 0 Å². The number of carbonyl (C=O) groups is 2. The first-order valence-electron chi connectivity index (χ1n) is 6.61. The average molecular weight is 304 g/mol. The molecule has 0 atom stereocenters. The summed E-state index contributed by atoms with van der Waals surface area (Å²) in [5, 5.41) is 12.7. The molecule has 8 nitrogen and oxygen atoms in total. The Morgan fingerprint density at radius 2 is 2.05 bits per heavy atom. The van der Waals surface area contributed by atoms with Gasteiger partial charge in [0.25, 0.3) is 0 Å². The van der Waals surface area contributed by atoms with Crippen LogP contribution >= 0.6 is 0 Å². The number of ether oxygens (including phenoxy) is 1. The maximum atomic E-state index is 11.8. The topological polar surface area (TPSA) is 97.5 Å². The lowest BCUT2D eigenvalue weighted by atomic mass is 10.2. The number of carboxylic acid groups (broad SMARTS) is 1. The first-order chi connectivity index (χ1) is 10.6. The maximum Gasteiger partial charge on any atom is 0.409 e. The Morgan fingerprint density at radius 3 is 2.73 bits per heavy atom. The minimum Gasteiger partial charge on any atom is -0.475 e. The van der Waals surface area contributed by atoms with Gasteiger partial charge in [-0.1, -0.05) is 30.3 Å². The van der Waals surface area contributed by atoms with E-state index in [0.717, 1.165) is 11.9 Å². The summed E-state index contributed by atoms with van der Waals surface area (Å²) >= 11 is 0. The molecule has 0 fully saturated rings. The predicted molar refractivity (Wildman–Crippen MR) is 76.2 cm³/mol. The van der Waals surface area contributed by atoms with Gasteiger partial charge in [0, 0.05) is 13.6 Å². The van der Waals surface area contributed by atoms with Gasteiger partial charge >= 0.3 is 12.1 Å². The van der Waals surface area contributed by atoms with E-state index in [2.05, 4.69) is 10.1 Å². The summed E-state index contributed by atoms with van der Waals surface area (Å²) in [4.78, 5) is 27.7. The number of nitrogens with zero attached hydrogens (tertiary/aromatic N) is 4. The third kappa shape index (κ3) is 4.05. The van der Waals surface area contributed by atoms with Crippen LogP contribution in [0.4, 0.5) is 4.79 Å². The summed E-state index contributed by atoms with van der Waals surface area (Å²) in [5.41, 5.74) is 0.897. The molecule has 2 aromatic rings. The van der Waals surface area contributed by atoms with Crippen molar-refractivity contribution in [2.24, 2.45) is 0 Å². The van der Waals surface area contributed by atoms with Crippen molar-refractivity contribution in [2.45, 2.75) is 13.2 Å². The number of aromatic carboxylic acids is 1. The molecule has 1 aromatic heterocycles. The molecule has 0 unspecified atom stereocenters. The van der Waals surface area contributed by atoms with E-state index in [0.29, 0.717) is 0 Å². The summed E-state index contributed by atoms with van der Waals surface area (Å²) in [6, 6.07) is 9.34. The minimum atomic E-state index is -1.16. The first kappa shape index (κ1) is 15.5. The summed E-state index contributed by atoms with van der Waals surface area (Å²) in [6.45, 7) is 0.670. The molecule has 116 valence electrons. The van der Waals surface area contributed by atoms with Crippen LogP contribution in [0.3, 0.4) is 0 Å². The molecule has 0 saturated heterocycles. The van der Waals surface area contributed by atoms with E-state index in [-0.39, 0.29) is 25.5 Å². The van der Waals surface area contributed by atoms with Crippen molar-refractivity contribution in [1.82, 2.24) is 19.7 Å². The number of benzene rings is 1. The Labute approximate surface area is 126 Å². The largest absolute Gasteiger partial charge is 0.475 e. The highest BCUT2D eigenvalue weighted by atomic mass is 16.6. The minimum absolute atomic E-state index is 0.161. The smallest absolute Gasteiger partial charge is 0.409 e. The van der Waals surface area contributed by atoms with Crippen LogP contribution in [-0.2, 0) is 17.9 Å². The summed E-state index contributed by atoms with van der Waals surface area (Å²) in [7, 11) is 1.57. The quantitative estimate of drug-likeness (QED) is 0.862. The number of amides is 1. The van der Waals surface area contributed by atoms with Gasteiger partial charge in [-0.05, 0) is 5.56 Å². The van der Waals surface area contributed by atoms with Crippen molar-refractivity contribution in [3.63, 3.8) is 0 Å². The highest BCUT2D eigenvalue weighted by molar-refractivity contribution is 5.83. The van der Waals surface area contributed by atoms with E-state index < -0.39 is 12.1 Å². The molecular weight excluding hydrogens is 288 g/mol. The molecule has 1 heterocycles. The molecule has 0 saturated carbocycles. The van der Waals surface area contributed by atoms with Gasteiger partial charge in [-0.25, -0.2) is 19.3 Å². The van der Waals surface area contributed by atoms with Gasteiger partial charge in [0.05, 0.1) is 6.54 Å². The van der Waals surface area contributed by atoms with Gasteiger partial charge < -0.3 is 14.7 Å². The van der Waals surface area contributed by atoms with Gasteiger partial charge in [-0.2, -0.15) is 5.10 Å². The van der Waals surface area contributed by atoms with Crippen LogP contribution in [0.25, 0.3) is 0 Å². The zero-order valence-corrected chi connectivity index (χ0v) is 12.0. The molecule has 1 N–H and O–H groups in total. The summed E-state index contributed by atoms with van der Waals surface area (Å²) < 4.78 is 6.39. The van der Waals surface area contributed by atoms with Gasteiger partial charge in [-0.15, -0.1) is 0 Å². The highest BCUT2D eigenvalue weighted by Crippen LogP contribution is 2.03. The Hall–Kier alpha value is -2.90. The lowest BCUT2D eigenvalue weighted by Crippen LogP contribution is -2.31. The van der Waals surface area contributed by atoms with Crippen molar-refractivity contribution < 1.29 is 19.4 Å². The van der Waals surface area contributed by atoms with Crippen LogP contribution in [0.1, 0.15) is 16.2 Å². The van der Waals surface area contributed by atoms with Crippen LogP contribution < -0.4 is 0 Å². The van der Waals surface area contributed by atoms with Crippen LogP contribution in [0, 0.1) is 0 Å². The van der Waals surface area contributed by atoms with Crippen molar-refractivity contribution >= 4 is 12.1 Å². The number of likely N-dealkylation sites (N-methyl/N-ethyl adjacent to an activating group) is 1. The number of hydrogen-bond acceptors (Lipinski definition) is 5. The Kier molecular flexibility index (Phi) is 5.07. The fourth-order valence-electron chi connectivity index (χ4n) is 1.76. The van der Waals surface area contributed by atoms with Crippen molar-refractivity contribution in [2.75, 3.05) is 13.6 Å². The Bertz CT molecular complexity index is 641. The molecule has 0 bridgehead atoms. The van der Waals surface area contributed by atoms with Crippen LogP contribution in [0.15, 0.2) is 36.7 Å². The average Bonchev–Trinajstić information content (AvgIpc) is 3.00. The van der Waals surface area contributed by atoms with Crippen molar-refractivity contribution in [3.8, 4) is 0 Å². The molecule has 0 aliphatic rings. The van der Waals surface area contributed by atoms with E-state index in [1.165, 1.54) is 9.58 Å². The molecule has 2 rings (SSSR count). The van der Waals surface area contributed by atoms with Crippen LogP contribution in [-0.4, -0.2) is 50.4 Å². The van der Waals surface area contributed by atoms with E-state index in [9.17, 15) is 9.59 Å². The molecular formula is C14H16N4O4. The third-order valence-electron chi connectivity index (χ3n) is 2.97. The predicted octanol–water partition coefficient (Wildman–Crippen LogP) is 1.24. The SMILES string of the molecule is CN(CCn1ncnc1C(=O)O)C(=O)OCc1ccccc1. The molecule has 0 aliphatic heterocycles. The number of hydrogen-bond donors (Lipinski definition) is 1. The fourth-order valence-corrected chi connectivity index (χ4v) is 1.76. The number of rotatable bonds is 6. The molecule has 1 amide bonds. The Morgan fingerprint density at radius 1 is 1.32 bits per heavy atom. The molecule has 0 spiro atoms. The zero-order chi connectivity index (χ0) is 15.9. The summed E-state index contributed by atoms with van der Waals surface area (Å²) in [6.07, 6.45) is 0.679. The second kappa shape index (κ2) is 7.21.